The highest BCUT2D eigenvalue weighted by molar-refractivity contribution is 6.33. The zero-order valence-electron chi connectivity index (χ0n) is 12.6. The van der Waals surface area contributed by atoms with Gasteiger partial charge in [-0.05, 0) is 31.0 Å². The molecule has 0 radical (unpaired) electrons. The fraction of sp³-hybridized carbons (Fsp3) is 0.267. The van der Waals surface area contributed by atoms with Crippen LogP contribution >= 0.6 is 11.6 Å². The Balaban J connectivity index is 1.93. The van der Waals surface area contributed by atoms with Crippen LogP contribution in [0.1, 0.15) is 18.5 Å². The first-order valence-electron chi connectivity index (χ1n) is 7.15. The van der Waals surface area contributed by atoms with Crippen molar-refractivity contribution in [2.75, 3.05) is 11.9 Å². The van der Waals surface area contributed by atoms with Crippen LogP contribution in [-0.2, 0) is 0 Å². The molecular weight excluding hydrogens is 314 g/mol. The molecule has 118 valence electrons. The van der Waals surface area contributed by atoms with E-state index in [1.54, 1.807) is 6.07 Å². The lowest BCUT2D eigenvalue weighted by Gasteiger charge is -2.20. The van der Waals surface area contributed by atoms with Gasteiger partial charge in [0.05, 0.1) is 16.4 Å². The quantitative estimate of drug-likeness (QED) is 0.380. The lowest BCUT2D eigenvalue weighted by molar-refractivity contribution is 0.917. The predicted octanol–water partition coefficient (Wildman–Crippen LogP) is 3.05. The van der Waals surface area contributed by atoms with Gasteiger partial charge in [0.15, 0.2) is 5.84 Å². The maximum Gasteiger partial charge on any atom is 0.173 e. The van der Waals surface area contributed by atoms with Crippen LogP contribution in [0.25, 0.3) is 11.3 Å². The van der Waals surface area contributed by atoms with Crippen LogP contribution in [0.2, 0.25) is 5.02 Å². The molecule has 1 fully saturated rings. The maximum atomic E-state index is 6.72. The topological polar surface area (TPSA) is 104 Å². The van der Waals surface area contributed by atoms with E-state index in [4.69, 9.17) is 22.9 Å². The molecule has 1 aromatic carbocycles. The molecule has 8 heteroatoms. The van der Waals surface area contributed by atoms with Crippen molar-refractivity contribution in [1.29, 1.82) is 5.53 Å². The SMILES string of the molecule is CN(c1ccc(-c2cc(C(N)=NN=N)ncn2)cc1Cl)C1CC1. The Morgan fingerprint density at radius 2 is 2.13 bits per heavy atom. The van der Waals surface area contributed by atoms with Crippen LogP contribution in [0.3, 0.4) is 0 Å². The van der Waals surface area contributed by atoms with Crippen molar-refractivity contribution in [2.24, 2.45) is 16.1 Å². The van der Waals surface area contributed by atoms with E-state index >= 15 is 0 Å². The molecule has 0 aliphatic heterocycles. The average Bonchev–Trinajstić information content (AvgIpc) is 3.39. The van der Waals surface area contributed by atoms with Crippen molar-refractivity contribution in [2.45, 2.75) is 18.9 Å². The third-order valence-corrected chi connectivity index (χ3v) is 4.11. The van der Waals surface area contributed by atoms with E-state index in [1.807, 2.05) is 18.2 Å². The number of hydrogen-bond donors (Lipinski definition) is 2. The van der Waals surface area contributed by atoms with Crippen molar-refractivity contribution in [1.82, 2.24) is 9.97 Å². The van der Waals surface area contributed by atoms with Gasteiger partial charge in [0.1, 0.15) is 12.0 Å². The summed E-state index contributed by atoms with van der Waals surface area (Å²) < 4.78 is 0. The maximum absolute atomic E-state index is 6.72. The molecule has 23 heavy (non-hydrogen) atoms. The first-order valence-corrected chi connectivity index (χ1v) is 7.53. The van der Waals surface area contributed by atoms with Crippen LogP contribution in [-0.4, -0.2) is 28.9 Å². The highest BCUT2D eigenvalue weighted by Gasteiger charge is 2.27. The summed E-state index contributed by atoms with van der Waals surface area (Å²) in [7, 11) is 2.06. The summed E-state index contributed by atoms with van der Waals surface area (Å²) in [5.41, 5.74) is 15.4. The van der Waals surface area contributed by atoms with Gasteiger partial charge in [-0.2, -0.15) is 5.53 Å². The van der Waals surface area contributed by atoms with Gasteiger partial charge in [0.2, 0.25) is 0 Å². The molecular formula is C15H16ClN7. The Labute approximate surface area is 138 Å². The van der Waals surface area contributed by atoms with Crippen LogP contribution in [0.4, 0.5) is 5.69 Å². The first kappa shape index (κ1) is 15.4. The largest absolute Gasteiger partial charge is 0.380 e. The van der Waals surface area contributed by atoms with Gasteiger partial charge in [-0.3, -0.25) is 0 Å². The van der Waals surface area contributed by atoms with E-state index in [9.17, 15) is 0 Å². The summed E-state index contributed by atoms with van der Waals surface area (Å²) in [5.74, 6) is 0.0693. The Morgan fingerprint density at radius 3 is 2.78 bits per heavy atom. The smallest absolute Gasteiger partial charge is 0.173 e. The molecule has 0 saturated heterocycles. The van der Waals surface area contributed by atoms with E-state index in [2.05, 4.69) is 32.2 Å². The van der Waals surface area contributed by atoms with Crippen LogP contribution < -0.4 is 10.6 Å². The summed E-state index contributed by atoms with van der Waals surface area (Å²) in [6, 6.07) is 8.13. The molecule has 3 N–H and O–H groups in total. The fourth-order valence-corrected chi connectivity index (χ4v) is 2.68. The van der Waals surface area contributed by atoms with Gasteiger partial charge in [-0.1, -0.05) is 22.9 Å². The molecule has 7 nitrogen and oxygen atoms in total. The average molecular weight is 330 g/mol. The van der Waals surface area contributed by atoms with E-state index < -0.39 is 0 Å². The van der Waals surface area contributed by atoms with E-state index in [-0.39, 0.29) is 5.84 Å². The third-order valence-electron chi connectivity index (χ3n) is 3.81. The highest BCUT2D eigenvalue weighted by Crippen LogP contribution is 2.36. The number of nitrogens with one attached hydrogen (secondary N) is 1. The molecule has 0 spiro atoms. The lowest BCUT2D eigenvalue weighted by Crippen LogP contribution is -2.19. The minimum atomic E-state index is 0.0693. The molecule has 1 aliphatic rings. The Bertz CT molecular complexity index is 770. The first-order chi connectivity index (χ1) is 11.1. The van der Waals surface area contributed by atoms with E-state index in [0.717, 1.165) is 11.3 Å². The molecule has 0 amide bonds. The standard InChI is InChI=1S/C15H16ClN7/c1-23(10-3-4-10)14-5-2-9(6-11(14)16)12-7-13(20-8-19-12)15(17)21-22-18/h2,5-8,10H,3-4H2,1H3,(H3,17,18,21). The van der Waals surface area contributed by atoms with Crippen molar-refractivity contribution in [3.05, 3.63) is 41.3 Å². The number of hydrogen-bond acceptors (Lipinski definition) is 5. The Morgan fingerprint density at radius 1 is 1.35 bits per heavy atom. The number of nitrogens with two attached hydrogens (primary N) is 1. The van der Waals surface area contributed by atoms with Crippen LogP contribution in [0.15, 0.2) is 40.9 Å². The van der Waals surface area contributed by atoms with Gasteiger partial charge >= 0.3 is 0 Å². The number of anilines is 1. The van der Waals surface area contributed by atoms with Crippen molar-refractivity contribution < 1.29 is 0 Å². The zero-order valence-corrected chi connectivity index (χ0v) is 13.3. The molecule has 2 aromatic rings. The molecule has 0 bridgehead atoms. The monoisotopic (exact) mass is 329 g/mol. The Kier molecular flexibility index (Phi) is 4.20. The van der Waals surface area contributed by atoms with Gasteiger partial charge in [0, 0.05) is 18.7 Å². The molecule has 3 rings (SSSR count). The summed E-state index contributed by atoms with van der Waals surface area (Å²) in [4.78, 5) is 10.5. The number of halogens is 1. The van der Waals surface area contributed by atoms with Crippen molar-refractivity contribution >= 4 is 23.1 Å². The van der Waals surface area contributed by atoms with E-state index in [0.29, 0.717) is 22.5 Å². The highest BCUT2D eigenvalue weighted by atomic mass is 35.5. The van der Waals surface area contributed by atoms with Crippen molar-refractivity contribution in [3.8, 4) is 11.3 Å². The van der Waals surface area contributed by atoms with Gasteiger partial charge in [-0.15, -0.1) is 5.10 Å². The number of benzene rings is 1. The van der Waals surface area contributed by atoms with Gasteiger partial charge in [-0.25, -0.2) is 9.97 Å². The summed E-state index contributed by atoms with van der Waals surface area (Å²) in [5, 5.41) is 7.06. The molecule has 1 heterocycles. The molecule has 0 unspecified atom stereocenters. The second-order valence-corrected chi connectivity index (χ2v) is 5.79. The number of amidine groups is 1. The summed E-state index contributed by atoms with van der Waals surface area (Å²) >= 11 is 6.42. The van der Waals surface area contributed by atoms with E-state index in [1.165, 1.54) is 19.2 Å². The number of aromatic nitrogens is 2. The normalized spacial score (nSPS) is 14.6. The van der Waals surface area contributed by atoms with Crippen molar-refractivity contribution in [3.63, 3.8) is 0 Å². The molecule has 1 saturated carbocycles. The number of nitrogens with zero attached hydrogens (tertiary/aromatic N) is 5. The second kappa shape index (κ2) is 6.29. The second-order valence-electron chi connectivity index (χ2n) is 5.38. The summed E-state index contributed by atoms with van der Waals surface area (Å²) in [6.45, 7) is 0. The minimum absolute atomic E-state index is 0.0693. The summed E-state index contributed by atoms with van der Waals surface area (Å²) in [6.07, 6.45) is 3.82. The zero-order chi connectivity index (χ0) is 16.4. The van der Waals surface area contributed by atoms with Gasteiger partial charge in [0.25, 0.3) is 0 Å². The Hall–Kier alpha value is -2.54. The third kappa shape index (κ3) is 3.29. The predicted molar refractivity (Wildman–Crippen MR) is 89.8 cm³/mol. The fourth-order valence-electron chi connectivity index (χ4n) is 2.37. The molecule has 1 aromatic heterocycles. The van der Waals surface area contributed by atoms with Crippen LogP contribution in [0.5, 0.6) is 0 Å². The molecule has 1 aliphatic carbocycles. The minimum Gasteiger partial charge on any atom is -0.380 e. The van der Waals surface area contributed by atoms with Crippen LogP contribution in [0, 0.1) is 5.53 Å². The molecule has 0 atom stereocenters. The van der Waals surface area contributed by atoms with Gasteiger partial charge < -0.3 is 10.6 Å². The number of rotatable bonds is 5. The lowest BCUT2D eigenvalue weighted by atomic mass is 10.1.